The second-order valence-electron chi connectivity index (χ2n) is 4.67. The molecule has 0 aromatic heterocycles. The Morgan fingerprint density at radius 3 is 2.39 bits per heavy atom. The van der Waals surface area contributed by atoms with Crippen LogP contribution in [-0.2, 0) is 9.84 Å². The lowest BCUT2D eigenvalue weighted by molar-refractivity contribution is 0.504. The van der Waals surface area contributed by atoms with Crippen LogP contribution in [0.4, 0.5) is 0 Å². The van der Waals surface area contributed by atoms with Crippen LogP contribution in [0.25, 0.3) is 0 Å². The van der Waals surface area contributed by atoms with Crippen molar-refractivity contribution in [3.8, 4) is 0 Å². The van der Waals surface area contributed by atoms with Crippen LogP contribution >= 0.6 is 11.6 Å². The molecule has 0 aliphatic carbocycles. The van der Waals surface area contributed by atoms with Gasteiger partial charge in [-0.2, -0.15) is 0 Å². The van der Waals surface area contributed by atoms with Crippen LogP contribution in [0.3, 0.4) is 0 Å². The number of rotatable bonds is 7. The van der Waals surface area contributed by atoms with E-state index in [2.05, 4.69) is 6.92 Å². The van der Waals surface area contributed by atoms with Gasteiger partial charge in [0.15, 0.2) is 0 Å². The standard InChI is InChI=1S/C14H21ClO2S/c1-3-18(16,17)11-7-8-12(2)14(15)13-9-5-4-6-10-13/h4-6,9-10,12,14H,3,7-8,11H2,1-2H3. The Kier molecular flexibility index (Phi) is 6.16. The first-order valence-corrected chi connectivity index (χ1v) is 8.61. The molecule has 0 amide bonds. The molecule has 1 aromatic rings. The largest absolute Gasteiger partial charge is 0.229 e. The highest BCUT2D eigenvalue weighted by Crippen LogP contribution is 2.31. The Morgan fingerprint density at radius 1 is 1.22 bits per heavy atom. The molecular weight excluding hydrogens is 268 g/mol. The van der Waals surface area contributed by atoms with Crippen LogP contribution in [0, 0.1) is 5.92 Å². The SMILES string of the molecule is CCS(=O)(=O)CCCC(C)C(Cl)c1ccccc1. The second-order valence-corrected chi connectivity index (χ2v) is 7.61. The third-order valence-electron chi connectivity index (χ3n) is 3.17. The van der Waals surface area contributed by atoms with Crippen molar-refractivity contribution in [3.05, 3.63) is 35.9 Å². The predicted molar refractivity (Wildman–Crippen MR) is 77.8 cm³/mol. The lowest BCUT2D eigenvalue weighted by Gasteiger charge is -2.18. The van der Waals surface area contributed by atoms with Crippen molar-refractivity contribution in [2.45, 2.75) is 32.1 Å². The Bertz CT molecular complexity index is 442. The maximum atomic E-state index is 11.4. The lowest BCUT2D eigenvalue weighted by atomic mass is 9.96. The summed E-state index contributed by atoms with van der Waals surface area (Å²) in [6, 6.07) is 9.93. The van der Waals surface area contributed by atoms with Crippen molar-refractivity contribution in [2.75, 3.05) is 11.5 Å². The molecule has 4 heteroatoms. The van der Waals surface area contributed by atoms with Gasteiger partial charge in [0.1, 0.15) is 9.84 Å². The molecule has 18 heavy (non-hydrogen) atoms. The van der Waals surface area contributed by atoms with Crippen molar-refractivity contribution in [2.24, 2.45) is 5.92 Å². The zero-order valence-electron chi connectivity index (χ0n) is 11.0. The molecule has 102 valence electrons. The molecule has 0 fully saturated rings. The highest BCUT2D eigenvalue weighted by atomic mass is 35.5. The van der Waals surface area contributed by atoms with Crippen LogP contribution < -0.4 is 0 Å². The Labute approximate surface area is 115 Å². The average molecular weight is 289 g/mol. The molecule has 2 unspecified atom stereocenters. The lowest BCUT2D eigenvalue weighted by Crippen LogP contribution is -2.11. The Morgan fingerprint density at radius 2 is 1.83 bits per heavy atom. The molecule has 0 bridgehead atoms. The molecule has 0 radical (unpaired) electrons. The summed E-state index contributed by atoms with van der Waals surface area (Å²) in [5.41, 5.74) is 1.10. The summed E-state index contributed by atoms with van der Waals surface area (Å²) >= 11 is 6.39. The smallest absolute Gasteiger partial charge is 0.150 e. The van der Waals surface area contributed by atoms with Crippen molar-refractivity contribution in [1.29, 1.82) is 0 Å². The van der Waals surface area contributed by atoms with Crippen LogP contribution in [0.2, 0.25) is 0 Å². The minimum absolute atomic E-state index is 0.0458. The summed E-state index contributed by atoms with van der Waals surface area (Å²) in [5.74, 6) is 0.775. The van der Waals surface area contributed by atoms with Gasteiger partial charge in [-0.05, 0) is 24.3 Å². The van der Waals surface area contributed by atoms with Gasteiger partial charge in [0.25, 0.3) is 0 Å². The predicted octanol–water partition coefficient (Wildman–Crippen LogP) is 3.82. The number of hydrogen-bond acceptors (Lipinski definition) is 2. The van der Waals surface area contributed by atoms with Crippen LogP contribution in [0.5, 0.6) is 0 Å². The number of alkyl halides is 1. The summed E-state index contributed by atoms with van der Waals surface area (Å²) in [6.45, 7) is 3.76. The first kappa shape index (κ1) is 15.5. The highest BCUT2D eigenvalue weighted by molar-refractivity contribution is 7.91. The molecule has 0 saturated heterocycles. The van der Waals surface area contributed by atoms with Crippen molar-refractivity contribution in [1.82, 2.24) is 0 Å². The molecule has 0 spiro atoms. The first-order valence-electron chi connectivity index (χ1n) is 6.35. The van der Waals surface area contributed by atoms with E-state index >= 15 is 0 Å². The zero-order valence-corrected chi connectivity index (χ0v) is 12.5. The van der Waals surface area contributed by atoms with Gasteiger partial charge >= 0.3 is 0 Å². The molecule has 0 aliphatic heterocycles. The monoisotopic (exact) mass is 288 g/mol. The molecule has 0 saturated carbocycles. The molecule has 0 heterocycles. The third kappa shape index (κ3) is 4.99. The van der Waals surface area contributed by atoms with E-state index in [4.69, 9.17) is 11.6 Å². The maximum Gasteiger partial charge on any atom is 0.150 e. The molecule has 1 rings (SSSR count). The van der Waals surface area contributed by atoms with E-state index in [-0.39, 0.29) is 22.8 Å². The third-order valence-corrected chi connectivity index (χ3v) is 5.64. The molecular formula is C14H21ClO2S. The summed E-state index contributed by atoms with van der Waals surface area (Å²) in [7, 11) is -2.85. The van der Waals surface area contributed by atoms with Gasteiger partial charge < -0.3 is 0 Å². The molecule has 2 atom stereocenters. The summed E-state index contributed by atoms with van der Waals surface area (Å²) in [6.07, 6.45) is 1.52. The van der Waals surface area contributed by atoms with Gasteiger partial charge in [-0.3, -0.25) is 0 Å². The topological polar surface area (TPSA) is 34.1 Å². The van der Waals surface area contributed by atoms with Gasteiger partial charge in [0, 0.05) is 5.75 Å². The van der Waals surface area contributed by atoms with E-state index in [9.17, 15) is 8.42 Å². The molecule has 2 nitrogen and oxygen atoms in total. The first-order chi connectivity index (χ1) is 8.46. The Hall–Kier alpha value is -0.540. The van der Waals surface area contributed by atoms with Gasteiger partial charge in [-0.15, -0.1) is 11.6 Å². The van der Waals surface area contributed by atoms with Gasteiger partial charge in [0.05, 0.1) is 11.1 Å². The summed E-state index contributed by atoms with van der Waals surface area (Å²) in [5, 5.41) is -0.0458. The minimum atomic E-state index is -2.85. The fourth-order valence-corrected chi connectivity index (χ4v) is 3.05. The molecule has 0 aliphatic rings. The molecule has 0 N–H and O–H groups in total. The van der Waals surface area contributed by atoms with E-state index in [1.807, 2.05) is 30.3 Å². The quantitative estimate of drug-likeness (QED) is 0.715. The van der Waals surface area contributed by atoms with E-state index < -0.39 is 9.84 Å². The van der Waals surface area contributed by atoms with Crippen LogP contribution in [0.15, 0.2) is 30.3 Å². The maximum absolute atomic E-state index is 11.4. The summed E-state index contributed by atoms with van der Waals surface area (Å²) in [4.78, 5) is 0. The summed E-state index contributed by atoms with van der Waals surface area (Å²) < 4.78 is 22.8. The molecule has 1 aromatic carbocycles. The second kappa shape index (κ2) is 7.15. The number of sulfone groups is 1. The normalized spacial score (nSPS) is 15.3. The minimum Gasteiger partial charge on any atom is -0.229 e. The van der Waals surface area contributed by atoms with E-state index in [1.54, 1.807) is 6.92 Å². The fourth-order valence-electron chi connectivity index (χ4n) is 1.88. The van der Waals surface area contributed by atoms with Crippen molar-refractivity contribution in [3.63, 3.8) is 0 Å². The van der Waals surface area contributed by atoms with Gasteiger partial charge in [0.2, 0.25) is 0 Å². The number of benzene rings is 1. The van der Waals surface area contributed by atoms with E-state index in [1.165, 1.54) is 0 Å². The Balaban J connectivity index is 2.44. The van der Waals surface area contributed by atoms with Crippen LogP contribution in [-0.4, -0.2) is 19.9 Å². The number of hydrogen-bond donors (Lipinski definition) is 0. The zero-order chi connectivity index (χ0) is 13.6. The van der Waals surface area contributed by atoms with Crippen LogP contribution in [0.1, 0.15) is 37.6 Å². The van der Waals surface area contributed by atoms with E-state index in [0.717, 1.165) is 12.0 Å². The highest BCUT2D eigenvalue weighted by Gasteiger charge is 2.17. The number of halogens is 1. The van der Waals surface area contributed by atoms with E-state index in [0.29, 0.717) is 6.42 Å². The van der Waals surface area contributed by atoms with Gasteiger partial charge in [-0.25, -0.2) is 8.42 Å². The van der Waals surface area contributed by atoms with Gasteiger partial charge in [-0.1, -0.05) is 44.2 Å². The fraction of sp³-hybridized carbons (Fsp3) is 0.571. The average Bonchev–Trinajstić information content (AvgIpc) is 2.38. The van der Waals surface area contributed by atoms with Crippen molar-refractivity contribution < 1.29 is 8.42 Å². The van der Waals surface area contributed by atoms with Crippen molar-refractivity contribution >= 4 is 21.4 Å².